The minimum Gasteiger partial charge on any atom is -0.489 e. The monoisotopic (exact) mass is 203 g/mol. The number of benzene rings is 1. The van der Waals surface area contributed by atoms with Crippen molar-refractivity contribution in [3.8, 4) is 5.75 Å². The maximum absolute atomic E-state index is 5.69. The van der Waals surface area contributed by atoms with Gasteiger partial charge in [0.2, 0.25) is 0 Å². The number of hydrogen-bond acceptors (Lipinski definition) is 2. The van der Waals surface area contributed by atoms with Crippen LogP contribution in [0.15, 0.2) is 35.9 Å². The van der Waals surface area contributed by atoms with Crippen LogP contribution in [0.25, 0.3) is 0 Å². The van der Waals surface area contributed by atoms with Crippen LogP contribution in [-0.4, -0.2) is 19.7 Å². The van der Waals surface area contributed by atoms with Crippen molar-refractivity contribution in [2.75, 3.05) is 19.7 Å². The first kappa shape index (κ1) is 10.2. The molecule has 2 heteroatoms. The van der Waals surface area contributed by atoms with Crippen molar-refractivity contribution >= 4 is 0 Å². The first-order valence-corrected chi connectivity index (χ1v) is 5.43. The summed E-state index contributed by atoms with van der Waals surface area (Å²) in [5.41, 5.74) is 2.61. The summed E-state index contributed by atoms with van der Waals surface area (Å²) >= 11 is 0. The maximum Gasteiger partial charge on any atom is 0.119 e. The van der Waals surface area contributed by atoms with Gasteiger partial charge in [-0.3, -0.25) is 0 Å². The van der Waals surface area contributed by atoms with Crippen LogP contribution in [0.3, 0.4) is 0 Å². The zero-order valence-corrected chi connectivity index (χ0v) is 9.12. The molecule has 2 nitrogen and oxygen atoms in total. The highest BCUT2D eigenvalue weighted by Crippen LogP contribution is 2.13. The van der Waals surface area contributed by atoms with E-state index in [-0.39, 0.29) is 0 Å². The molecule has 0 aliphatic carbocycles. The third-order valence-corrected chi connectivity index (χ3v) is 2.55. The highest BCUT2D eigenvalue weighted by molar-refractivity contribution is 5.26. The molecule has 0 fully saturated rings. The van der Waals surface area contributed by atoms with Gasteiger partial charge in [-0.05, 0) is 37.6 Å². The molecule has 1 aromatic rings. The Balaban J connectivity index is 1.87. The highest BCUT2D eigenvalue weighted by Gasteiger charge is 2.03. The molecule has 15 heavy (non-hydrogen) atoms. The second-order valence-electron chi connectivity index (χ2n) is 3.93. The van der Waals surface area contributed by atoms with Crippen molar-refractivity contribution in [3.05, 3.63) is 41.5 Å². The summed E-state index contributed by atoms with van der Waals surface area (Å²) in [7, 11) is 0. The lowest BCUT2D eigenvalue weighted by atomic mass is 10.1. The predicted octanol–water partition coefficient (Wildman–Crippen LogP) is 2.29. The Morgan fingerprint density at radius 1 is 1.27 bits per heavy atom. The van der Waals surface area contributed by atoms with Gasteiger partial charge in [0.1, 0.15) is 12.4 Å². The van der Waals surface area contributed by atoms with Crippen LogP contribution < -0.4 is 10.1 Å². The number of aryl methyl sites for hydroxylation is 1. The summed E-state index contributed by atoms with van der Waals surface area (Å²) in [6, 6.07) is 8.18. The fourth-order valence-electron chi connectivity index (χ4n) is 1.62. The fraction of sp³-hybridized carbons (Fsp3) is 0.385. The second kappa shape index (κ2) is 4.99. The molecular weight excluding hydrogens is 186 g/mol. The lowest BCUT2D eigenvalue weighted by Crippen LogP contribution is -2.24. The largest absolute Gasteiger partial charge is 0.489 e. The van der Waals surface area contributed by atoms with Gasteiger partial charge >= 0.3 is 0 Å². The summed E-state index contributed by atoms with van der Waals surface area (Å²) in [6.07, 6.45) is 3.39. The molecule has 1 aliphatic rings. The van der Waals surface area contributed by atoms with Crippen molar-refractivity contribution in [2.24, 2.45) is 0 Å². The van der Waals surface area contributed by atoms with Crippen molar-refractivity contribution in [3.63, 3.8) is 0 Å². The molecule has 0 amide bonds. The number of ether oxygens (including phenoxy) is 1. The minimum atomic E-state index is 0.704. The molecule has 0 saturated carbocycles. The van der Waals surface area contributed by atoms with Crippen LogP contribution in [0.5, 0.6) is 5.75 Å². The van der Waals surface area contributed by atoms with E-state index in [4.69, 9.17) is 4.74 Å². The second-order valence-corrected chi connectivity index (χ2v) is 3.93. The van der Waals surface area contributed by atoms with Gasteiger partial charge < -0.3 is 10.1 Å². The van der Waals surface area contributed by atoms with Crippen LogP contribution in [0.2, 0.25) is 0 Å². The van der Waals surface area contributed by atoms with Gasteiger partial charge in [0, 0.05) is 6.54 Å². The van der Waals surface area contributed by atoms with Crippen LogP contribution in [0, 0.1) is 6.92 Å². The van der Waals surface area contributed by atoms with Gasteiger partial charge in [-0.1, -0.05) is 23.8 Å². The number of nitrogens with one attached hydrogen (secondary N) is 1. The SMILES string of the molecule is Cc1ccc(OCC2=CCCNC2)cc1. The molecule has 1 aliphatic heterocycles. The average Bonchev–Trinajstić information content (AvgIpc) is 2.30. The van der Waals surface area contributed by atoms with E-state index in [1.807, 2.05) is 12.1 Å². The van der Waals surface area contributed by atoms with Crippen LogP contribution >= 0.6 is 0 Å². The average molecular weight is 203 g/mol. The lowest BCUT2D eigenvalue weighted by Gasteiger charge is -2.14. The summed E-state index contributed by atoms with van der Waals surface area (Å²) in [4.78, 5) is 0. The standard InChI is InChI=1S/C13H17NO/c1-11-4-6-13(7-5-11)15-10-12-3-2-8-14-9-12/h3-7,14H,2,8-10H2,1H3. The molecule has 0 aromatic heterocycles. The molecule has 0 radical (unpaired) electrons. The Morgan fingerprint density at radius 3 is 2.73 bits per heavy atom. The minimum absolute atomic E-state index is 0.704. The topological polar surface area (TPSA) is 21.3 Å². The molecule has 0 saturated heterocycles. The van der Waals surface area contributed by atoms with Gasteiger partial charge in [-0.2, -0.15) is 0 Å². The van der Waals surface area contributed by atoms with Gasteiger partial charge in [0.25, 0.3) is 0 Å². The van der Waals surface area contributed by atoms with Crippen molar-refractivity contribution in [1.29, 1.82) is 0 Å². The van der Waals surface area contributed by atoms with Crippen LogP contribution in [0.4, 0.5) is 0 Å². The van der Waals surface area contributed by atoms with E-state index >= 15 is 0 Å². The Labute approximate surface area is 91.0 Å². The molecule has 0 unspecified atom stereocenters. The molecule has 0 spiro atoms. The zero-order valence-electron chi connectivity index (χ0n) is 9.12. The Kier molecular flexibility index (Phi) is 3.41. The molecular formula is C13H17NO. The Hall–Kier alpha value is -1.28. The molecule has 1 heterocycles. The third kappa shape index (κ3) is 3.10. The van der Waals surface area contributed by atoms with Crippen molar-refractivity contribution < 1.29 is 4.74 Å². The van der Waals surface area contributed by atoms with Gasteiger partial charge in [-0.25, -0.2) is 0 Å². The predicted molar refractivity (Wildman–Crippen MR) is 62.2 cm³/mol. The zero-order chi connectivity index (χ0) is 10.5. The lowest BCUT2D eigenvalue weighted by molar-refractivity contribution is 0.345. The van der Waals surface area contributed by atoms with Gasteiger partial charge in [0.15, 0.2) is 0 Å². The fourth-order valence-corrected chi connectivity index (χ4v) is 1.62. The van der Waals surface area contributed by atoms with Crippen LogP contribution in [0.1, 0.15) is 12.0 Å². The molecule has 80 valence electrons. The summed E-state index contributed by atoms with van der Waals surface area (Å²) in [6.45, 7) is 4.84. The quantitative estimate of drug-likeness (QED) is 0.761. The van der Waals surface area contributed by atoms with E-state index < -0.39 is 0 Å². The van der Waals surface area contributed by atoms with E-state index in [1.54, 1.807) is 0 Å². The first-order valence-electron chi connectivity index (χ1n) is 5.43. The third-order valence-electron chi connectivity index (χ3n) is 2.55. The molecule has 2 rings (SSSR count). The van der Waals surface area contributed by atoms with Crippen molar-refractivity contribution in [2.45, 2.75) is 13.3 Å². The van der Waals surface area contributed by atoms with Gasteiger partial charge in [0.05, 0.1) is 0 Å². The molecule has 1 aromatic carbocycles. The van der Waals surface area contributed by atoms with E-state index in [1.165, 1.54) is 11.1 Å². The maximum atomic E-state index is 5.69. The Morgan fingerprint density at radius 2 is 2.07 bits per heavy atom. The molecule has 1 N–H and O–H groups in total. The van der Waals surface area contributed by atoms with E-state index in [0.717, 1.165) is 25.3 Å². The molecule has 0 bridgehead atoms. The summed E-state index contributed by atoms with van der Waals surface area (Å²) in [5.74, 6) is 0.951. The highest BCUT2D eigenvalue weighted by atomic mass is 16.5. The normalized spacial score (nSPS) is 15.9. The van der Waals surface area contributed by atoms with E-state index in [2.05, 4.69) is 30.4 Å². The van der Waals surface area contributed by atoms with Crippen molar-refractivity contribution in [1.82, 2.24) is 5.32 Å². The van der Waals surface area contributed by atoms with E-state index in [9.17, 15) is 0 Å². The van der Waals surface area contributed by atoms with E-state index in [0.29, 0.717) is 6.61 Å². The number of hydrogen-bond donors (Lipinski definition) is 1. The smallest absolute Gasteiger partial charge is 0.119 e. The number of rotatable bonds is 3. The molecule has 0 atom stereocenters. The first-order chi connectivity index (χ1) is 7.34. The van der Waals surface area contributed by atoms with Crippen LogP contribution in [-0.2, 0) is 0 Å². The Bertz CT molecular complexity index is 340. The summed E-state index contributed by atoms with van der Waals surface area (Å²) in [5, 5.41) is 3.33. The van der Waals surface area contributed by atoms with Gasteiger partial charge in [-0.15, -0.1) is 0 Å². The summed E-state index contributed by atoms with van der Waals surface area (Å²) < 4.78 is 5.69.